The molecular formula is C24H23N3O4S. The van der Waals surface area contributed by atoms with E-state index in [2.05, 4.69) is 10.6 Å². The van der Waals surface area contributed by atoms with Crippen molar-refractivity contribution in [2.45, 2.75) is 31.8 Å². The normalized spacial score (nSPS) is 16.6. The summed E-state index contributed by atoms with van der Waals surface area (Å²) in [6.45, 7) is 2.25. The Hall–Kier alpha value is -3.23. The Balaban J connectivity index is 1.25. The summed E-state index contributed by atoms with van der Waals surface area (Å²) in [5.41, 5.74) is 2.06. The predicted molar refractivity (Wildman–Crippen MR) is 124 cm³/mol. The number of carbonyl (C=O) groups excluding carboxylic acids is 3. The maximum absolute atomic E-state index is 12.5. The van der Waals surface area contributed by atoms with Gasteiger partial charge in [-0.25, -0.2) is 0 Å². The van der Waals surface area contributed by atoms with E-state index in [9.17, 15) is 19.5 Å². The van der Waals surface area contributed by atoms with Gasteiger partial charge in [0.15, 0.2) is 0 Å². The molecule has 3 N–H and O–H groups in total. The highest BCUT2D eigenvalue weighted by atomic mass is 32.1. The maximum Gasteiger partial charge on any atom is 0.313 e. The number of nitrogens with zero attached hydrogens (tertiary/aromatic N) is 1. The van der Waals surface area contributed by atoms with Crippen LogP contribution >= 0.6 is 11.3 Å². The van der Waals surface area contributed by atoms with E-state index in [4.69, 9.17) is 0 Å². The number of amides is 3. The smallest absolute Gasteiger partial charge is 0.313 e. The summed E-state index contributed by atoms with van der Waals surface area (Å²) < 4.78 is 1.05. The largest absolute Gasteiger partial charge is 0.383 e. The molecule has 8 heteroatoms. The molecule has 0 bridgehead atoms. The second-order valence-corrected chi connectivity index (χ2v) is 9.61. The summed E-state index contributed by atoms with van der Waals surface area (Å²) in [6, 6.07) is 13.3. The number of nitrogens with one attached hydrogen (secondary N) is 2. The highest BCUT2D eigenvalue weighted by Crippen LogP contribution is 2.39. The van der Waals surface area contributed by atoms with Crippen LogP contribution in [0.4, 0.5) is 11.4 Å². The lowest BCUT2D eigenvalue weighted by molar-refractivity contribution is -0.136. The van der Waals surface area contributed by atoms with Crippen LogP contribution in [0.2, 0.25) is 0 Å². The van der Waals surface area contributed by atoms with Crippen LogP contribution in [0.5, 0.6) is 0 Å². The van der Waals surface area contributed by atoms with Crippen molar-refractivity contribution < 1.29 is 19.5 Å². The van der Waals surface area contributed by atoms with Crippen LogP contribution in [0.1, 0.15) is 29.3 Å². The molecule has 0 spiro atoms. The van der Waals surface area contributed by atoms with Gasteiger partial charge in [0.1, 0.15) is 5.60 Å². The third kappa shape index (κ3) is 3.65. The molecule has 0 saturated heterocycles. The zero-order chi connectivity index (χ0) is 22.5. The van der Waals surface area contributed by atoms with Gasteiger partial charge in [0, 0.05) is 21.8 Å². The summed E-state index contributed by atoms with van der Waals surface area (Å²) in [4.78, 5) is 39.6. The van der Waals surface area contributed by atoms with Crippen molar-refractivity contribution in [3.63, 3.8) is 0 Å². The average molecular weight is 450 g/mol. The zero-order valence-corrected chi connectivity index (χ0v) is 18.4. The van der Waals surface area contributed by atoms with Crippen molar-refractivity contribution in [1.82, 2.24) is 5.32 Å². The highest BCUT2D eigenvalue weighted by molar-refractivity contribution is 7.19. The molecule has 0 unspecified atom stereocenters. The molecule has 0 aliphatic carbocycles. The lowest BCUT2D eigenvalue weighted by Crippen LogP contribution is -2.43. The number of thiophene rings is 1. The van der Waals surface area contributed by atoms with E-state index in [0.29, 0.717) is 17.0 Å². The molecule has 2 aliphatic rings. The summed E-state index contributed by atoms with van der Waals surface area (Å²) in [7, 11) is 0. The minimum absolute atomic E-state index is 0.0747. The first-order chi connectivity index (χ1) is 15.3. The Morgan fingerprint density at radius 3 is 2.75 bits per heavy atom. The van der Waals surface area contributed by atoms with Gasteiger partial charge in [-0.2, -0.15) is 0 Å². The molecule has 2 aromatic carbocycles. The van der Waals surface area contributed by atoms with Crippen LogP contribution in [-0.4, -0.2) is 35.9 Å². The fourth-order valence-electron chi connectivity index (χ4n) is 4.41. The van der Waals surface area contributed by atoms with E-state index >= 15 is 0 Å². The van der Waals surface area contributed by atoms with Crippen LogP contribution in [0.3, 0.4) is 0 Å². The van der Waals surface area contributed by atoms with Crippen LogP contribution in [0.15, 0.2) is 42.5 Å². The summed E-state index contributed by atoms with van der Waals surface area (Å²) in [5.74, 6) is -1.55. The van der Waals surface area contributed by atoms with Gasteiger partial charge < -0.3 is 20.6 Å². The Kier molecular flexibility index (Phi) is 4.98. The van der Waals surface area contributed by atoms with E-state index in [1.165, 1.54) is 11.3 Å². The topological polar surface area (TPSA) is 98.7 Å². The molecule has 0 saturated carbocycles. The molecule has 32 heavy (non-hydrogen) atoms. The highest BCUT2D eigenvalue weighted by Gasteiger charge is 2.33. The molecule has 3 heterocycles. The van der Waals surface area contributed by atoms with Crippen molar-refractivity contribution >= 4 is 50.5 Å². The number of rotatable bonds is 4. The summed E-state index contributed by atoms with van der Waals surface area (Å²) in [5, 5.41) is 17.1. The van der Waals surface area contributed by atoms with E-state index in [1.54, 1.807) is 13.0 Å². The number of hydrogen-bond donors (Lipinski definition) is 3. The third-order valence-corrected chi connectivity index (χ3v) is 7.39. The molecule has 0 radical (unpaired) electrons. The molecule has 1 atom stereocenters. The first-order valence-corrected chi connectivity index (χ1v) is 11.4. The second kappa shape index (κ2) is 7.72. The maximum atomic E-state index is 12.5. The molecule has 0 fully saturated rings. The number of aliphatic hydroxyl groups is 1. The lowest BCUT2D eigenvalue weighted by atomic mass is 9.99. The van der Waals surface area contributed by atoms with E-state index in [1.807, 2.05) is 41.3 Å². The Labute approximate surface area is 189 Å². The predicted octanol–water partition coefficient (Wildman–Crippen LogP) is 2.70. The Morgan fingerprint density at radius 1 is 1.16 bits per heavy atom. The minimum atomic E-state index is -1.30. The van der Waals surface area contributed by atoms with Gasteiger partial charge in [0.25, 0.3) is 0 Å². The van der Waals surface area contributed by atoms with Crippen LogP contribution < -0.4 is 15.5 Å². The monoisotopic (exact) mass is 449 g/mol. The van der Waals surface area contributed by atoms with E-state index < -0.39 is 17.4 Å². The number of carbonyl (C=O) groups is 3. The fourth-order valence-corrected chi connectivity index (χ4v) is 5.51. The molecule has 7 nitrogen and oxygen atoms in total. The molecule has 3 aromatic rings. The van der Waals surface area contributed by atoms with E-state index in [-0.39, 0.29) is 12.5 Å². The van der Waals surface area contributed by atoms with Gasteiger partial charge in [-0.1, -0.05) is 18.2 Å². The van der Waals surface area contributed by atoms with Crippen LogP contribution in [-0.2, 0) is 32.8 Å². The molecule has 164 valence electrons. The number of fused-ring (bicyclic) bond motifs is 1. The molecule has 1 aromatic heterocycles. The number of benzene rings is 2. The minimum Gasteiger partial charge on any atom is -0.383 e. The van der Waals surface area contributed by atoms with Gasteiger partial charge in [-0.05, 0) is 60.5 Å². The van der Waals surface area contributed by atoms with Gasteiger partial charge >= 0.3 is 11.8 Å². The van der Waals surface area contributed by atoms with Crippen molar-refractivity contribution in [3.8, 4) is 0 Å². The third-order valence-electron chi connectivity index (χ3n) is 6.02. The summed E-state index contributed by atoms with van der Waals surface area (Å²) in [6.07, 6.45) is 2.03. The Morgan fingerprint density at radius 2 is 1.94 bits per heavy atom. The standard InChI is InChI=1S/C24H23N3O4S/c1-24(31,19-11-14-5-2-3-7-18(14)32-19)13-25-22(29)23(30)26-17-9-15-6-4-8-27-20(28)12-16(10-17)21(15)27/h2-3,5,7,9-11,31H,4,6,8,12-13H2,1H3,(H,25,29)(H,26,30)/t24-/m1/s1. The van der Waals surface area contributed by atoms with E-state index in [0.717, 1.165) is 46.3 Å². The molecule has 5 rings (SSSR count). The number of aryl methyl sites for hydroxylation is 1. The average Bonchev–Trinajstić information content (AvgIpc) is 3.35. The Bertz CT molecular complexity index is 1230. The van der Waals surface area contributed by atoms with Gasteiger partial charge in [0.05, 0.1) is 18.7 Å². The zero-order valence-electron chi connectivity index (χ0n) is 17.6. The SMILES string of the molecule is C[C@@](O)(CNC(=O)C(=O)Nc1cc2c3c(c1)CC(=O)N3CCC2)c1cc2ccccc2s1. The molecule has 3 amide bonds. The first kappa shape index (κ1) is 20.7. The summed E-state index contributed by atoms with van der Waals surface area (Å²) >= 11 is 1.45. The van der Waals surface area contributed by atoms with Crippen LogP contribution in [0.25, 0.3) is 10.1 Å². The van der Waals surface area contributed by atoms with Crippen molar-refractivity contribution in [2.75, 3.05) is 23.3 Å². The van der Waals surface area contributed by atoms with Crippen LogP contribution in [0, 0.1) is 0 Å². The quantitative estimate of drug-likeness (QED) is 0.534. The number of anilines is 2. The fraction of sp³-hybridized carbons (Fsp3) is 0.292. The van der Waals surface area contributed by atoms with Crippen molar-refractivity contribution in [3.05, 3.63) is 58.5 Å². The molecular weight excluding hydrogens is 426 g/mol. The van der Waals surface area contributed by atoms with Crippen molar-refractivity contribution in [1.29, 1.82) is 0 Å². The second-order valence-electron chi connectivity index (χ2n) is 8.53. The lowest BCUT2D eigenvalue weighted by Gasteiger charge is -2.26. The molecule has 2 aliphatic heterocycles. The van der Waals surface area contributed by atoms with Gasteiger partial charge in [-0.15, -0.1) is 11.3 Å². The van der Waals surface area contributed by atoms with Gasteiger partial charge in [0.2, 0.25) is 5.91 Å². The first-order valence-electron chi connectivity index (χ1n) is 10.6. The van der Waals surface area contributed by atoms with Crippen molar-refractivity contribution in [2.24, 2.45) is 0 Å². The van der Waals surface area contributed by atoms with Gasteiger partial charge in [-0.3, -0.25) is 14.4 Å². The number of hydrogen-bond acceptors (Lipinski definition) is 5.